The van der Waals surface area contributed by atoms with E-state index in [0.717, 1.165) is 24.7 Å². The summed E-state index contributed by atoms with van der Waals surface area (Å²) in [4.78, 5) is -0.394. The van der Waals surface area contributed by atoms with Crippen LogP contribution in [0.5, 0.6) is 0 Å². The van der Waals surface area contributed by atoms with Crippen molar-refractivity contribution < 1.29 is 17.9 Å². The molecule has 4 nitrogen and oxygen atoms in total. The fourth-order valence-corrected chi connectivity index (χ4v) is 4.54. The van der Waals surface area contributed by atoms with Crippen molar-refractivity contribution in [2.24, 2.45) is 0 Å². The molecule has 1 aromatic rings. The second-order valence-electron chi connectivity index (χ2n) is 4.46. The molecule has 2 rings (SSSR count). The van der Waals surface area contributed by atoms with E-state index in [2.05, 4.69) is 4.72 Å². The van der Waals surface area contributed by atoms with E-state index in [9.17, 15) is 12.8 Å². The average molecular weight is 305 g/mol. The van der Waals surface area contributed by atoms with Crippen LogP contribution in [0.2, 0.25) is 0 Å². The van der Waals surface area contributed by atoms with Crippen LogP contribution in [0.25, 0.3) is 0 Å². The molecule has 0 aromatic heterocycles. The van der Waals surface area contributed by atoms with Gasteiger partial charge in [-0.15, -0.1) is 0 Å². The van der Waals surface area contributed by atoms with Crippen LogP contribution in [0.1, 0.15) is 18.4 Å². The Morgan fingerprint density at radius 1 is 1.47 bits per heavy atom. The summed E-state index contributed by atoms with van der Waals surface area (Å²) in [5.41, 5.74) is 0.375. The minimum absolute atomic E-state index is 0.152. The molecular formula is C12H16FNO3S2. The fourth-order valence-electron chi connectivity index (χ4n) is 1.97. The molecule has 0 radical (unpaired) electrons. The smallest absolute Gasteiger partial charge is 0.243 e. The van der Waals surface area contributed by atoms with E-state index in [1.165, 1.54) is 12.1 Å². The molecule has 1 aliphatic rings. The lowest BCUT2D eigenvalue weighted by molar-refractivity contribution is 0.281. The molecule has 1 heterocycles. The Labute approximate surface area is 116 Å². The molecule has 0 aliphatic carbocycles. The molecule has 1 atom stereocenters. The summed E-state index contributed by atoms with van der Waals surface area (Å²) in [6.07, 6.45) is 1.73. The summed E-state index contributed by atoms with van der Waals surface area (Å²) in [5, 5.41) is 9.00. The van der Waals surface area contributed by atoms with E-state index < -0.39 is 20.7 Å². The normalized spacial score (nSPS) is 20.4. The minimum atomic E-state index is -3.87. The molecule has 1 aliphatic heterocycles. The Balaban J connectivity index is 2.23. The number of nitrogens with one attached hydrogen (secondary N) is 1. The number of benzene rings is 1. The van der Waals surface area contributed by atoms with Gasteiger partial charge in [-0.3, -0.25) is 0 Å². The summed E-state index contributed by atoms with van der Waals surface area (Å²) in [6.45, 7) is -0.317. The fraction of sp³-hybridized carbons (Fsp3) is 0.500. The van der Waals surface area contributed by atoms with Crippen LogP contribution in [-0.4, -0.2) is 31.1 Å². The van der Waals surface area contributed by atoms with Gasteiger partial charge in [-0.25, -0.2) is 17.5 Å². The van der Waals surface area contributed by atoms with Crippen molar-refractivity contribution in [1.29, 1.82) is 0 Å². The van der Waals surface area contributed by atoms with Crippen molar-refractivity contribution in [3.8, 4) is 0 Å². The molecule has 2 N–H and O–H groups in total. The monoisotopic (exact) mass is 305 g/mol. The first-order chi connectivity index (χ1) is 9.03. The van der Waals surface area contributed by atoms with Gasteiger partial charge in [0.1, 0.15) is 10.7 Å². The van der Waals surface area contributed by atoms with Crippen LogP contribution in [0.3, 0.4) is 0 Å². The third kappa shape index (κ3) is 3.68. The van der Waals surface area contributed by atoms with E-state index in [0.29, 0.717) is 11.3 Å². The third-order valence-corrected chi connectivity index (χ3v) is 5.70. The van der Waals surface area contributed by atoms with Crippen LogP contribution < -0.4 is 4.72 Å². The summed E-state index contributed by atoms with van der Waals surface area (Å²) in [5.74, 6) is 0.945. The van der Waals surface area contributed by atoms with Gasteiger partial charge in [0.05, 0.1) is 6.61 Å². The summed E-state index contributed by atoms with van der Waals surface area (Å²) >= 11 is 1.69. The van der Waals surface area contributed by atoms with E-state index in [-0.39, 0.29) is 12.6 Å². The Bertz CT molecular complexity index is 542. The zero-order valence-electron chi connectivity index (χ0n) is 10.3. The second kappa shape index (κ2) is 6.21. The largest absolute Gasteiger partial charge is 0.392 e. The van der Waals surface area contributed by atoms with Gasteiger partial charge in [0.15, 0.2) is 0 Å². The molecule has 0 spiro atoms. The highest BCUT2D eigenvalue weighted by atomic mass is 32.2. The number of hydrogen-bond donors (Lipinski definition) is 2. The van der Waals surface area contributed by atoms with Gasteiger partial charge in [-0.05, 0) is 36.3 Å². The number of aliphatic hydroxyl groups excluding tert-OH is 1. The first-order valence-corrected chi connectivity index (χ1v) is 8.66. The van der Waals surface area contributed by atoms with E-state index in [4.69, 9.17) is 5.11 Å². The zero-order valence-corrected chi connectivity index (χ0v) is 11.9. The molecule has 0 amide bonds. The van der Waals surface area contributed by atoms with Gasteiger partial charge in [0, 0.05) is 11.8 Å². The van der Waals surface area contributed by atoms with E-state index in [1.54, 1.807) is 11.8 Å². The Hall–Kier alpha value is -0.630. The maximum atomic E-state index is 13.6. The van der Waals surface area contributed by atoms with Crippen LogP contribution in [-0.2, 0) is 16.6 Å². The molecule has 1 saturated heterocycles. The maximum Gasteiger partial charge on any atom is 0.243 e. The highest BCUT2D eigenvalue weighted by Gasteiger charge is 2.24. The molecule has 1 unspecified atom stereocenters. The van der Waals surface area contributed by atoms with Crippen LogP contribution in [0, 0.1) is 5.82 Å². The quantitative estimate of drug-likeness (QED) is 0.884. The number of thioether (sulfide) groups is 1. The standard InChI is InChI=1S/C12H16FNO3S2/c13-11-4-3-9(7-15)6-12(11)19(16,17)14-10-2-1-5-18-8-10/h3-4,6,10,14-15H,1-2,5,7-8H2. The number of halogens is 1. The van der Waals surface area contributed by atoms with Crippen molar-refractivity contribution in [3.05, 3.63) is 29.6 Å². The molecule has 0 bridgehead atoms. The lowest BCUT2D eigenvalue weighted by atomic mass is 10.2. The second-order valence-corrected chi connectivity index (χ2v) is 7.29. The van der Waals surface area contributed by atoms with Gasteiger partial charge >= 0.3 is 0 Å². The first kappa shape index (κ1) is 14.8. The molecule has 7 heteroatoms. The third-order valence-electron chi connectivity index (χ3n) is 2.95. The van der Waals surface area contributed by atoms with Crippen molar-refractivity contribution in [2.75, 3.05) is 11.5 Å². The first-order valence-electron chi connectivity index (χ1n) is 6.02. The predicted octanol–water partition coefficient (Wildman–Crippen LogP) is 1.49. The maximum absolute atomic E-state index is 13.6. The highest BCUT2D eigenvalue weighted by Crippen LogP contribution is 2.21. The van der Waals surface area contributed by atoms with Crippen molar-refractivity contribution >= 4 is 21.8 Å². The molecule has 19 heavy (non-hydrogen) atoms. The van der Waals surface area contributed by atoms with E-state index >= 15 is 0 Å². The lowest BCUT2D eigenvalue weighted by Crippen LogP contribution is -2.38. The lowest BCUT2D eigenvalue weighted by Gasteiger charge is -2.22. The topological polar surface area (TPSA) is 66.4 Å². The Kier molecular flexibility index (Phi) is 4.83. The predicted molar refractivity (Wildman–Crippen MR) is 73.0 cm³/mol. The van der Waals surface area contributed by atoms with Crippen molar-refractivity contribution in [3.63, 3.8) is 0 Å². The number of rotatable bonds is 4. The van der Waals surface area contributed by atoms with Gasteiger partial charge < -0.3 is 5.11 Å². The zero-order chi connectivity index (χ0) is 13.9. The number of aliphatic hydroxyl groups is 1. The van der Waals surface area contributed by atoms with Crippen LogP contribution >= 0.6 is 11.8 Å². The van der Waals surface area contributed by atoms with E-state index in [1.807, 2.05) is 0 Å². The number of hydrogen-bond acceptors (Lipinski definition) is 4. The van der Waals surface area contributed by atoms with Crippen molar-refractivity contribution in [2.45, 2.75) is 30.4 Å². The van der Waals surface area contributed by atoms with Gasteiger partial charge in [-0.1, -0.05) is 6.07 Å². The Morgan fingerprint density at radius 2 is 2.26 bits per heavy atom. The Morgan fingerprint density at radius 3 is 2.89 bits per heavy atom. The van der Waals surface area contributed by atoms with Gasteiger partial charge in [0.25, 0.3) is 0 Å². The molecule has 1 aromatic carbocycles. The molecule has 0 saturated carbocycles. The minimum Gasteiger partial charge on any atom is -0.392 e. The van der Waals surface area contributed by atoms with Crippen LogP contribution in [0.15, 0.2) is 23.1 Å². The molecule has 106 valence electrons. The SMILES string of the molecule is O=S(=O)(NC1CCCSC1)c1cc(CO)ccc1F. The van der Waals surface area contributed by atoms with Crippen molar-refractivity contribution in [1.82, 2.24) is 4.72 Å². The summed E-state index contributed by atoms with van der Waals surface area (Å²) in [6, 6.07) is 3.45. The molecule has 1 fully saturated rings. The van der Waals surface area contributed by atoms with Gasteiger partial charge in [-0.2, -0.15) is 11.8 Å². The molecular weight excluding hydrogens is 289 g/mol. The highest BCUT2D eigenvalue weighted by molar-refractivity contribution is 7.99. The summed E-state index contributed by atoms with van der Waals surface area (Å²) < 4.78 is 40.5. The average Bonchev–Trinajstić information content (AvgIpc) is 2.39. The number of sulfonamides is 1. The van der Waals surface area contributed by atoms with Crippen LogP contribution in [0.4, 0.5) is 4.39 Å². The van der Waals surface area contributed by atoms with Gasteiger partial charge in [0.2, 0.25) is 10.0 Å². The summed E-state index contributed by atoms with van der Waals surface area (Å²) in [7, 11) is -3.87.